The van der Waals surface area contributed by atoms with Gasteiger partial charge < -0.3 is 5.32 Å². The molecule has 178 valence electrons. The Bertz CT molecular complexity index is 570. The number of rotatable bonds is 6. The smallest absolute Gasteiger partial charge is 0.223 e. The number of halogens is 1. The van der Waals surface area contributed by atoms with Crippen LogP contribution in [0.2, 0.25) is 0 Å². The number of nitrogens with one attached hydrogen (secondary N) is 5. The fourth-order valence-electron chi connectivity index (χ4n) is 6.16. The second-order valence-corrected chi connectivity index (χ2v) is 10.7. The lowest BCUT2D eigenvalue weighted by Gasteiger charge is -2.40. The summed E-state index contributed by atoms with van der Waals surface area (Å²) in [5.41, 5.74) is 0. The van der Waals surface area contributed by atoms with Gasteiger partial charge in [0.2, 0.25) is 5.91 Å². The van der Waals surface area contributed by atoms with Crippen molar-refractivity contribution in [1.82, 2.24) is 26.6 Å². The van der Waals surface area contributed by atoms with Crippen molar-refractivity contribution in [2.75, 3.05) is 6.54 Å². The van der Waals surface area contributed by atoms with Crippen molar-refractivity contribution in [3.05, 3.63) is 0 Å². The Labute approximate surface area is 187 Å². The SMILES string of the molecule is CC1CCCC(NC2NCCC(NC3CCCC(C(=O)NC4CCC(F)CC4)C3)N2)C1. The molecule has 3 saturated carbocycles. The van der Waals surface area contributed by atoms with Gasteiger partial charge in [0.1, 0.15) is 12.5 Å². The van der Waals surface area contributed by atoms with Gasteiger partial charge in [-0.3, -0.25) is 26.1 Å². The first-order valence-corrected chi connectivity index (χ1v) is 13.0. The molecule has 0 aromatic rings. The maximum atomic E-state index is 13.4. The zero-order valence-corrected chi connectivity index (χ0v) is 19.3. The molecule has 1 heterocycles. The van der Waals surface area contributed by atoms with Crippen LogP contribution in [0.4, 0.5) is 4.39 Å². The molecule has 0 radical (unpaired) electrons. The summed E-state index contributed by atoms with van der Waals surface area (Å²) < 4.78 is 13.4. The lowest BCUT2D eigenvalue weighted by atomic mass is 9.84. The van der Waals surface area contributed by atoms with E-state index in [1.165, 1.54) is 25.7 Å². The van der Waals surface area contributed by atoms with Crippen LogP contribution in [0.25, 0.3) is 0 Å². The van der Waals surface area contributed by atoms with Crippen molar-refractivity contribution >= 4 is 5.91 Å². The topological polar surface area (TPSA) is 77.2 Å². The molecule has 7 heteroatoms. The fraction of sp³-hybridized carbons (Fsp3) is 0.958. The number of carbonyl (C=O) groups excluding carboxylic acids is 1. The van der Waals surface area contributed by atoms with Crippen LogP contribution in [0.5, 0.6) is 0 Å². The molecule has 0 aromatic carbocycles. The van der Waals surface area contributed by atoms with Crippen molar-refractivity contribution in [2.45, 2.75) is 127 Å². The van der Waals surface area contributed by atoms with E-state index in [0.717, 1.165) is 57.4 Å². The summed E-state index contributed by atoms with van der Waals surface area (Å²) in [6.45, 7) is 3.36. The highest BCUT2D eigenvalue weighted by molar-refractivity contribution is 5.79. The minimum atomic E-state index is -0.672. The molecule has 4 fully saturated rings. The summed E-state index contributed by atoms with van der Waals surface area (Å²) in [7, 11) is 0. The van der Waals surface area contributed by atoms with Crippen LogP contribution in [0.3, 0.4) is 0 Å². The van der Waals surface area contributed by atoms with Gasteiger partial charge in [-0.15, -0.1) is 0 Å². The van der Waals surface area contributed by atoms with Crippen molar-refractivity contribution in [3.63, 3.8) is 0 Å². The standard InChI is InChI=1S/C24H44FN5O/c1-16-4-2-6-20(14-16)29-24-26-13-12-22(30-24)27-21-7-3-5-17(15-21)23(31)28-19-10-8-18(25)9-11-19/h16-22,24,26-27,29-30H,2-15H2,1H3,(H,28,31). The monoisotopic (exact) mass is 437 g/mol. The lowest BCUT2D eigenvalue weighted by Crippen LogP contribution is -2.67. The average molecular weight is 438 g/mol. The van der Waals surface area contributed by atoms with E-state index in [-0.39, 0.29) is 30.3 Å². The molecular formula is C24H44FN5O. The number of carbonyl (C=O) groups is 1. The van der Waals surface area contributed by atoms with Crippen LogP contribution in [-0.2, 0) is 4.79 Å². The van der Waals surface area contributed by atoms with Crippen LogP contribution in [-0.4, -0.2) is 49.2 Å². The van der Waals surface area contributed by atoms with E-state index in [1.807, 2.05) is 0 Å². The predicted molar refractivity (Wildman–Crippen MR) is 122 cm³/mol. The Morgan fingerprint density at radius 1 is 0.839 bits per heavy atom. The second-order valence-electron chi connectivity index (χ2n) is 10.7. The van der Waals surface area contributed by atoms with E-state index >= 15 is 0 Å². The summed E-state index contributed by atoms with van der Waals surface area (Å²) in [5.74, 6) is 1.10. The molecule has 5 N–H and O–H groups in total. The van der Waals surface area contributed by atoms with Crippen LogP contribution in [0.1, 0.15) is 90.4 Å². The van der Waals surface area contributed by atoms with E-state index in [4.69, 9.17) is 0 Å². The zero-order valence-electron chi connectivity index (χ0n) is 19.3. The molecule has 1 aliphatic heterocycles. The van der Waals surface area contributed by atoms with E-state index in [1.54, 1.807) is 0 Å². The quantitative estimate of drug-likeness (QED) is 0.442. The van der Waals surface area contributed by atoms with E-state index in [0.29, 0.717) is 24.9 Å². The highest BCUT2D eigenvalue weighted by Gasteiger charge is 2.32. The third-order valence-corrected chi connectivity index (χ3v) is 7.97. The summed E-state index contributed by atoms with van der Waals surface area (Å²) in [6.07, 6.45) is 12.9. The van der Waals surface area contributed by atoms with E-state index < -0.39 is 6.17 Å². The van der Waals surface area contributed by atoms with Crippen LogP contribution in [0.15, 0.2) is 0 Å². The first-order chi connectivity index (χ1) is 15.0. The molecule has 6 nitrogen and oxygen atoms in total. The first kappa shape index (κ1) is 23.4. The van der Waals surface area contributed by atoms with Gasteiger partial charge in [-0.25, -0.2) is 4.39 Å². The van der Waals surface area contributed by atoms with Crippen molar-refractivity contribution in [2.24, 2.45) is 11.8 Å². The molecule has 0 bridgehead atoms. The molecule has 0 aromatic heterocycles. The lowest BCUT2D eigenvalue weighted by molar-refractivity contribution is -0.127. The van der Waals surface area contributed by atoms with Gasteiger partial charge in [-0.2, -0.15) is 0 Å². The summed E-state index contributed by atoms with van der Waals surface area (Å²) in [5, 5.41) is 18.1. The Morgan fingerprint density at radius 2 is 1.58 bits per heavy atom. The highest BCUT2D eigenvalue weighted by Crippen LogP contribution is 2.27. The summed E-state index contributed by atoms with van der Waals surface area (Å²) in [6, 6.07) is 1.16. The van der Waals surface area contributed by atoms with E-state index in [2.05, 4.69) is 33.5 Å². The van der Waals surface area contributed by atoms with Gasteiger partial charge >= 0.3 is 0 Å². The molecule has 6 unspecified atom stereocenters. The summed E-state index contributed by atoms with van der Waals surface area (Å²) in [4.78, 5) is 12.8. The average Bonchev–Trinajstić information content (AvgIpc) is 2.76. The molecular weight excluding hydrogens is 393 g/mol. The zero-order chi connectivity index (χ0) is 21.6. The number of hydrogen-bond donors (Lipinski definition) is 5. The minimum Gasteiger partial charge on any atom is -0.353 e. The van der Waals surface area contributed by atoms with Gasteiger partial charge in [-0.05, 0) is 70.1 Å². The maximum absolute atomic E-state index is 13.4. The third kappa shape index (κ3) is 7.11. The molecule has 4 aliphatic rings. The van der Waals surface area contributed by atoms with Gasteiger partial charge in [0, 0.05) is 30.6 Å². The largest absolute Gasteiger partial charge is 0.353 e. The molecule has 1 amide bonds. The normalized spacial score (nSPS) is 42.1. The first-order valence-electron chi connectivity index (χ1n) is 13.0. The number of amides is 1. The third-order valence-electron chi connectivity index (χ3n) is 7.97. The van der Waals surface area contributed by atoms with Gasteiger partial charge in [0.05, 0.1) is 6.17 Å². The molecule has 6 atom stereocenters. The number of alkyl halides is 1. The predicted octanol–water partition coefficient (Wildman–Crippen LogP) is 2.89. The van der Waals surface area contributed by atoms with Crippen molar-refractivity contribution in [1.29, 1.82) is 0 Å². The van der Waals surface area contributed by atoms with Crippen LogP contribution in [0, 0.1) is 11.8 Å². The summed E-state index contributed by atoms with van der Waals surface area (Å²) >= 11 is 0. The van der Waals surface area contributed by atoms with Gasteiger partial charge in [0.25, 0.3) is 0 Å². The Kier molecular flexibility index (Phi) is 8.60. The van der Waals surface area contributed by atoms with Crippen molar-refractivity contribution < 1.29 is 9.18 Å². The highest BCUT2D eigenvalue weighted by atomic mass is 19.1. The molecule has 0 spiro atoms. The Morgan fingerprint density at radius 3 is 2.35 bits per heavy atom. The molecule has 3 aliphatic carbocycles. The molecule has 4 rings (SSSR count). The van der Waals surface area contributed by atoms with Crippen LogP contribution < -0.4 is 26.6 Å². The molecule has 31 heavy (non-hydrogen) atoms. The van der Waals surface area contributed by atoms with E-state index in [9.17, 15) is 9.18 Å². The molecule has 1 saturated heterocycles. The minimum absolute atomic E-state index is 0.0914. The second kappa shape index (κ2) is 11.4. The Balaban J connectivity index is 1.20. The van der Waals surface area contributed by atoms with Crippen LogP contribution >= 0.6 is 0 Å². The van der Waals surface area contributed by atoms with Gasteiger partial charge in [-0.1, -0.05) is 26.2 Å². The van der Waals surface area contributed by atoms with Gasteiger partial charge in [0.15, 0.2) is 0 Å². The number of hydrogen-bond acceptors (Lipinski definition) is 5. The Hall–Kier alpha value is -0.760. The fourth-order valence-corrected chi connectivity index (χ4v) is 6.16. The maximum Gasteiger partial charge on any atom is 0.223 e. The van der Waals surface area contributed by atoms with Crippen molar-refractivity contribution in [3.8, 4) is 0 Å².